The molecule has 0 aromatic rings. The quantitative estimate of drug-likeness (QED) is 0.0609. The van der Waals surface area contributed by atoms with Crippen molar-refractivity contribution in [3.05, 3.63) is 12.2 Å². The highest BCUT2D eigenvalue weighted by Gasteiger charge is 2.24. The lowest BCUT2D eigenvalue weighted by Crippen LogP contribution is -2.46. The molecule has 0 aromatic heterocycles. The Morgan fingerprint density at radius 3 is 1.58 bits per heavy atom. The Morgan fingerprint density at radius 2 is 1.14 bits per heavy atom. The van der Waals surface area contributed by atoms with Crippen LogP contribution in [0, 0.1) is 0 Å². The van der Waals surface area contributed by atoms with Gasteiger partial charge in [0.15, 0.2) is 0 Å². The minimum Gasteiger partial charge on any atom is -0.387 e. The minimum absolute atomic E-state index is 0.283. The van der Waals surface area contributed by atoms with E-state index in [4.69, 9.17) is 0 Å². The summed E-state index contributed by atoms with van der Waals surface area (Å²) >= 11 is 0. The summed E-state index contributed by atoms with van der Waals surface area (Å²) in [5.41, 5.74) is 0. The third kappa shape index (κ3) is 24.8. The van der Waals surface area contributed by atoms with Crippen molar-refractivity contribution < 1.29 is 22.9 Å². The van der Waals surface area contributed by atoms with Gasteiger partial charge in [-0.15, -0.1) is 0 Å². The summed E-state index contributed by atoms with van der Waals surface area (Å²) in [6.07, 6.45) is 26.2. The molecule has 0 rings (SSSR count). The lowest BCUT2D eigenvalue weighted by molar-refractivity contribution is -0.122. The van der Waals surface area contributed by atoms with Gasteiger partial charge in [-0.05, 0) is 19.3 Å². The van der Waals surface area contributed by atoms with Crippen molar-refractivity contribution in [2.45, 2.75) is 161 Å². The largest absolute Gasteiger partial charge is 0.387 e. The summed E-state index contributed by atoms with van der Waals surface area (Å²) < 4.78 is 32.1. The van der Waals surface area contributed by atoms with Gasteiger partial charge in [-0.25, -0.2) is 0 Å². The molecule has 0 saturated heterocycles. The zero-order valence-corrected chi connectivity index (χ0v) is 24.2. The topological polar surface area (TPSA) is 104 Å². The number of hydrogen-bond acceptors (Lipinski definition) is 4. The molecular weight excluding hydrogens is 474 g/mol. The number of carbonyl (C=O) groups excluding carboxylic acids is 1. The smallest absolute Gasteiger partial charge is 0.267 e. The molecule has 2 unspecified atom stereocenters. The van der Waals surface area contributed by atoms with Crippen molar-refractivity contribution in [1.29, 1.82) is 0 Å². The summed E-state index contributed by atoms with van der Waals surface area (Å²) in [4.78, 5) is 12.3. The summed E-state index contributed by atoms with van der Waals surface area (Å²) in [6.45, 7) is 4.44. The molecule has 0 aliphatic rings. The molecule has 0 aliphatic carbocycles. The van der Waals surface area contributed by atoms with Crippen molar-refractivity contribution in [1.82, 2.24) is 5.32 Å². The van der Waals surface area contributed by atoms with Gasteiger partial charge in [0, 0.05) is 6.42 Å². The minimum atomic E-state index is -4.32. The van der Waals surface area contributed by atoms with Gasteiger partial charge >= 0.3 is 0 Å². The zero-order valence-electron chi connectivity index (χ0n) is 23.4. The number of aliphatic hydroxyl groups is 1. The van der Waals surface area contributed by atoms with Crippen molar-refractivity contribution in [2.24, 2.45) is 0 Å². The highest BCUT2D eigenvalue weighted by molar-refractivity contribution is 7.85. The Balaban J connectivity index is 4.13. The number of amides is 1. The molecule has 0 heterocycles. The second-order valence-electron chi connectivity index (χ2n) is 10.4. The van der Waals surface area contributed by atoms with Gasteiger partial charge in [0.1, 0.15) is 0 Å². The summed E-state index contributed by atoms with van der Waals surface area (Å²) in [5, 5.41) is 13.0. The number of aliphatic hydroxyl groups excluding tert-OH is 1. The molecule has 214 valence electrons. The Hall–Kier alpha value is -0.920. The Bertz CT molecular complexity index is 636. The van der Waals surface area contributed by atoms with Crippen LogP contribution in [0.3, 0.4) is 0 Å². The van der Waals surface area contributed by atoms with Crippen molar-refractivity contribution in [3.8, 4) is 0 Å². The lowest BCUT2D eigenvalue weighted by atomic mass is 10.1. The van der Waals surface area contributed by atoms with E-state index in [2.05, 4.69) is 19.2 Å². The highest BCUT2D eigenvalue weighted by Crippen LogP contribution is 2.13. The van der Waals surface area contributed by atoms with Crippen LogP contribution in [-0.2, 0) is 14.9 Å². The molecule has 7 heteroatoms. The highest BCUT2D eigenvalue weighted by atomic mass is 32.2. The number of hydrogen-bond donors (Lipinski definition) is 3. The van der Waals surface area contributed by atoms with Gasteiger partial charge in [-0.3, -0.25) is 9.35 Å². The molecule has 0 fully saturated rings. The van der Waals surface area contributed by atoms with Crippen LogP contribution in [0.2, 0.25) is 0 Å². The molecule has 0 radical (unpaired) electrons. The molecule has 36 heavy (non-hydrogen) atoms. The van der Waals surface area contributed by atoms with Crippen LogP contribution in [0.1, 0.15) is 149 Å². The van der Waals surface area contributed by atoms with E-state index in [0.717, 1.165) is 38.5 Å². The van der Waals surface area contributed by atoms with Gasteiger partial charge in [0.25, 0.3) is 10.1 Å². The Labute approximate surface area is 222 Å². The van der Waals surface area contributed by atoms with E-state index in [1.54, 1.807) is 6.08 Å². The van der Waals surface area contributed by atoms with Crippen molar-refractivity contribution in [2.75, 3.05) is 5.75 Å². The van der Waals surface area contributed by atoms with E-state index in [1.807, 2.05) is 6.08 Å². The first-order valence-corrected chi connectivity index (χ1v) is 16.5. The Morgan fingerprint density at radius 1 is 0.722 bits per heavy atom. The van der Waals surface area contributed by atoms with Crippen molar-refractivity contribution >= 4 is 16.0 Å². The molecule has 0 bridgehead atoms. The molecule has 0 spiro atoms. The molecule has 3 N–H and O–H groups in total. The third-order valence-corrected chi connectivity index (χ3v) is 7.49. The predicted molar refractivity (Wildman–Crippen MR) is 152 cm³/mol. The average molecular weight is 532 g/mol. The van der Waals surface area contributed by atoms with Crippen LogP contribution in [0.5, 0.6) is 0 Å². The monoisotopic (exact) mass is 531 g/mol. The summed E-state index contributed by atoms with van der Waals surface area (Å²) in [6, 6.07) is -1.05. The maximum absolute atomic E-state index is 12.3. The maximum Gasteiger partial charge on any atom is 0.267 e. The first kappa shape index (κ1) is 35.1. The van der Waals surface area contributed by atoms with Crippen molar-refractivity contribution in [3.63, 3.8) is 0 Å². The van der Waals surface area contributed by atoms with Crippen LogP contribution >= 0.6 is 0 Å². The van der Waals surface area contributed by atoms with E-state index in [9.17, 15) is 22.9 Å². The van der Waals surface area contributed by atoms with Gasteiger partial charge in [0.05, 0.1) is 17.9 Å². The molecule has 0 aromatic carbocycles. The summed E-state index contributed by atoms with van der Waals surface area (Å²) in [5.74, 6) is -0.977. The second-order valence-corrected chi connectivity index (χ2v) is 11.9. The lowest BCUT2D eigenvalue weighted by Gasteiger charge is -2.21. The molecule has 0 saturated carbocycles. The molecular formula is C29H57NO5S. The number of nitrogens with one attached hydrogen (secondary N) is 1. The predicted octanol–water partition coefficient (Wildman–Crippen LogP) is 7.51. The van der Waals surface area contributed by atoms with Crippen LogP contribution < -0.4 is 5.32 Å². The van der Waals surface area contributed by atoms with E-state index < -0.39 is 28.0 Å². The van der Waals surface area contributed by atoms with E-state index >= 15 is 0 Å². The fourth-order valence-electron chi connectivity index (χ4n) is 4.45. The molecule has 0 aliphatic heterocycles. The average Bonchev–Trinajstić information content (AvgIpc) is 2.82. The van der Waals surface area contributed by atoms with Gasteiger partial charge in [-0.1, -0.05) is 135 Å². The fourth-order valence-corrected chi connectivity index (χ4v) is 5.18. The standard InChI is InChI=1S/C29H57NO5S/c1-3-5-7-9-11-13-15-16-18-20-22-24-28(31)27(26-36(33,34)35)30-29(32)25-23-21-19-17-14-12-10-8-6-4-2/h22,24,27-28,31H,3-21,23,25-26H2,1-2H3,(H,30,32)(H,33,34,35)/b24-22+. The first-order chi connectivity index (χ1) is 17.3. The number of rotatable bonds is 26. The van der Waals surface area contributed by atoms with Crippen LogP contribution in [-0.4, -0.2) is 41.9 Å². The third-order valence-electron chi connectivity index (χ3n) is 6.71. The van der Waals surface area contributed by atoms with E-state index in [0.29, 0.717) is 6.42 Å². The fraction of sp³-hybridized carbons (Fsp3) is 0.897. The van der Waals surface area contributed by atoms with Crippen LogP contribution in [0.15, 0.2) is 12.2 Å². The SMILES string of the molecule is CCCCCCCCCCC/C=C/C(O)C(CS(=O)(=O)O)NC(=O)CCCCCCCCCCCC. The number of allylic oxidation sites excluding steroid dienone is 1. The molecule has 6 nitrogen and oxygen atoms in total. The van der Waals surface area contributed by atoms with E-state index in [1.165, 1.54) is 89.9 Å². The second kappa shape index (κ2) is 24.4. The number of carbonyl (C=O) groups is 1. The maximum atomic E-state index is 12.3. The van der Waals surface area contributed by atoms with Gasteiger partial charge < -0.3 is 10.4 Å². The first-order valence-electron chi connectivity index (χ1n) is 14.9. The summed E-state index contributed by atoms with van der Waals surface area (Å²) in [7, 11) is -4.32. The van der Waals surface area contributed by atoms with Crippen LogP contribution in [0.4, 0.5) is 0 Å². The molecule has 2 atom stereocenters. The molecule has 1 amide bonds. The van der Waals surface area contributed by atoms with E-state index in [-0.39, 0.29) is 5.91 Å². The van der Waals surface area contributed by atoms with Gasteiger partial charge in [0.2, 0.25) is 5.91 Å². The Kier molecular flexibility index (Phi) is 23.8. The van der Waals surface area contributed by atoms with Gasteiger partial charge in [-0.2, -0.15) is 8.42 Å². The number of unbranched alkanes of at least 4 members (excludes halogenated alkanes) is 18. The zero-order chi connectivity index (χ0) is 26.9. The normalized spacial score (nSPS) is 13.8. The van der Waals surface area contributed by atoms with Crippen LogP contribution in [0.25, 0.3) is 0 Å².